The highest BCUT2D eigenvalue weighted by Crippen LogP contribution is 2.32. The van der Waals surface area contributed by atoms with Gasteiger partial charge in [-0.25, -0.2) is 9.78 Å². The standard InChI is InChI=1S/C20H18N4O5S/c25-18(22-20-21-14-5-1-2-6-17(14)30-20)12-29-19(26)13-7-8-15(16(11-13)24(27)28)23-9-3-4-10-23/h1-2,5-8,11H,3-4,9-10,12H2,(H,21,22,25). The predicted molar refractivity (Wildman–Crippen MR) is 113 cm³/mol. The largest absolute Gasteiger partial charge is 0.452 e. The van der Waals surface area contributed by atoms with E-state index in [1.54, 1.807) is 6.07 Å². The lowest BCUT2D eigenvalue weighted by atomic mass is 10.1. The van der Waals surface area contributed by atoms with Gasteiger partial charge < -0.3 is 9.64 Å². The summed E-state index contributed by atoms with van der Waals surface area (Å²) in [4.78, 5) is 41.5. The van der Waals surface area contributed by atoms with E-state index in [4.69, 9.17) is 4.74 Å². The molecule has 2 aromatic carbocycles. The first-order chi connectivity index (χ1) is 14.5. The number of amides is 1. The number of aromatic nitrogens is 1. The SMILES string of the molecule is O=C(COC(=O)c1ccc(N2CCCC2)c([N+](=O)[O-])c1)Nc1nc2ccccc2s1. The molecule has 9 nitrogen and oxygen atoms in total. The number of anilines is 2. The number of nitrogens with zero attached hydrogens (tertiary/aromatic N) is 3. The lowest BCUT2D eigenvalue weighted by molar-refractivity contribution is -0.384. The number of para-hydroxylation sites is 1. The fourth-order valence-corrected chi connectivity index (χ4v) is 4.20. The molecule has 0 atom stereocenters. The second-order valence-electron chi connectivity index (χ2n) is 6.77. The molecule has 1 amide bonds. The van der Waals surface area contributed by atoms with Gasteiger partial charge in [-0.2, -0.15) is 0 Å². The molecule has 0 saturated carbocycles. The van der Waals surface area contributed by atoms with E-state index in [9.17, 15) is 19.7 Å². The Labute approximate surface area is 175 Å². The van der Waals surface area contributed by atoms with E-state index in [1.165, 1.54) is 23.5 Å². The molecular formula is C20H18N4O5S. The molecule has 0 unspecified atom stereocenters. The summed E-state index contributed by atoms with van der Waals surface area (Å²) in [7, 11) is 0. The van der Waals surface area contributed by atoms with E-state index >= 15 is 0 Å². The van der Waals surface area contributed by atoms with Gasteiger partial charge in [0.05, 0.1) is 20.7 Å². The number of carbonyl (C=O) groups is 2. The minimum absolute atomic E-state index is 0.0254. The van der Waals surface area contributed by atoms with Crippen molar-refractivity contribution in [3.8, 4) is 0 Å². The summed E-state index contributed by atoms with van der Waals surface area (Å²) in [5.41, 5.74) is 1.13. The quantitative estimate of drug-likeness (QED) is 0.364. The van der Waals surface area contributed by atoms with Crippen LogP contribution in [-0.4, -0.2) is 41.5 Å². The molecule has 1 aliphatic rings. The normalized spacial score (nSPS) is 13.4. The molecule has 1 saturated heterocycles. The maximum absolute atomic E-state index is 12.3. The highest BCUT2D eigenvalue weighted by Gasteiger charge is 2.24. The summed E-state index contributed by atoms with van der Waals surface area (Å²) in [6.07, 6.45) is 1.95. The van der Waals surface area contributed by atoms with Crippen LogP contribution in [0.25, 0.3) is 10.2 Å². The Hall–Kier alpha value is -3.53. The Morgan fingerprint density at radius 3 is 2.70 bits per heavy atom. The van der Waals surface area contributed by atoms with Crippen LogP contribution < -0.4 is 10.2 Å². The Kier molecular flexibility index (Phi) is 5.57. The zero-order chi connectivity index (χ0) is 21.1. The first-order valence-electron chi connectivity index (χ1n) is 9.37. The zero-order valence-corrected chi connectivity index (χ0v) is 16.7. The molecule has 1 N–H and O–H groups in total. The van der Waals surface area contributed by atoms with Crippen molar-refractivity contribution in [2.45, 2.75) is 12.8 Å². The van der Waals surface area contributed by atoms with Crippen molar-refractivity contribution in [1.82, 2.24) is 4.98 Å². The third kappa shape index (κ3) is 4.23. The predicted octanol–water partition coefficient (Wildman–Crippen LogP) is 3.60. The van der Waals surface area contributed by atoms with E-state index in [0.29, 0.717) is 10.8 Å². The third-order valence-corrected chi connectivity index (χ3v) is 5.68. The molecule has 1 aliphatic heterocycles. The van der Waals surface area contributed by atoms with Gasteiger partial charge in [0.15, 0.2) is 11.7 Å². The van der Waals surface area contributed by atoms with Crippen LogP contribution in [0.3, 0.4) is 0 Å². The Morgan fingerprint density at radius 2 is 1.97 bits per heavy atom. The fraction of sp³-hybridized carbons (Fsp3) is 0.250. The van der Waals surface area contributed by atoms with Crippen LogP contribution in [0.5, 0.6) is 0 Å². The molecule has 30 heavy (non-hydrogen) atoms. The van der Waals surface area contributed by atoms with Crippen LogP contribution in [0.15, 0.2) is 42.5 Å². The monoisotopic (exact) mass is 426 g/mol. The van der Waals surface area contributed by atoms with Gasteiger partial charge in [0.1, 0.15) is 5.69 Å². The van der Waals surface area contributed by atoms with Crippen molar-refractivity contribution in [3.05, 3.63) is 58.1 Å². The molecule has 1 fully saturated rings. The number of thiazole rings is 1. The van der Waals surface area contributed by atoms with Gasteiger partial charge >= 0.3 is 5.97 Å². The number of esters is 1. The molecule has 0 bridgehead atoms. The van der Waals surface area contributed by atoms with Crippen molar-refractivity contribution in [1.29, 1.82) is 0 Å². The molecule has 10 heteroatoms. The summed E-state index contributed by atoms with van der Waals surface area (Å²) in [5, 5.41) is 14.4. The van der Waals surface area contributed by atoms with E-state index in [2.05, 4.69) is 10.3 Å². The van der Waals surface area contributed by atoms with Crippen LogP contribution in [0.2, 0.25) is 0 Å². The van der Waals surface area contributed by atoms with Gasteiger partial charge in [-0.15, -0.1) is 0 Å². The lowest BCUT2D eigenvalue weighted by Gasteiger charge is -2.17. The fourth-order valence-electron chi connectivity index (χ4n) is 3.32. The molecular weight excluding hydrogens is 408 g/mol. The van der Waals surface area contributed by atoms with Crippen LogP contribution >= 0.6 is 11.3 Å². The molecule has 0 radical (unpaired) electrons. The van der Waals surface area contributed by atoms with E-state index in [0.717, 1.165) is 36.1 Å². The van der Waals surface area contributed by atoms with Crippen molar-refractivity contribution < 1.29 is 19.2 Å². The lowest BCUT2D eigenvalue weighted by Crippen LogP contribution is -2.21. The number of fused-ring (bicyclic) bond motifs is 1. The average molecular weight is 426 g/mol. The summed E-state index contributed by atoms with van der Waals surface area (Å²) in [6.45, 7) is 0.976. The van der Waals surface area contributed by atoms with Crippen molar-refractivity contribution in [3.63, 3.8) is 0 Å². The van der Waals surface area contributed by atoms with E-state index < -0.39 is 23.4 Å². The van der Waals surface area contributed by atoms with Crippen LogP contribution in [0.1, 0.15) is 23.2 Å². The first-order valence-corrected chi connectivity index (χ1v) is 10.2. The molecule has 4 rings (SSSR count). The average Bonchev–Trinajstić information content (AvgIpc) is 3.41. The number of nitrogens with one attached hydrogen (secondary N) is 1. The number of carbonyl (C=O) groups excluding carboxylic acids is 2. The molecule has 0 aliphatic carbocycles. The number of benzene rings is 2. The van der Waals surface area contributed by atoms with Crippen molar-refractivity contribution in [2.75, 3.05) is 29.9 Å². The molecule has 154 valence electrons. The summed E-state index contributed by atoms with van der Waals surface area (Å²) in [5.74, 6) is -1.34. The Balaban J connectivity index is 1.40. The Morgan fingerprint density at radius 1 is 1.20 bits per heavy atom. The molecule has 1 aromatic heterocycles. The number of hydrogen-bond acceptors (Lipinski definition) is 8. The zero-order valence-electron chi connectivity index (χ0n) is 15.9. The van der Waals surface area contributed by atoms with Crippen molar-refractivity contribution in [2.24, 2.45) is 0 Å². The van der Waals surface area contributed by atoms with Crippen molar-refractivity contribution >= 4 is 49.9 Å². The minimum Gasteiger partial charge on any atom is -0.452 e. The number of ether oxygens (including phenoxy) is 1. The number of hydrogen-bond donors (Lipinski definition) is 1. The van der Waals surface area contributed by atoms with E-state index in [-0.39, 0.29) is 11.3 Å². The van der Waals surface area contributed by atoms with Crippen LogP contribution in [-0.2, 0) is 9.53 Å². The third-order valence-electron chi connectivity index (χ3n) is 4.73. The second kappa shape index (κ2) is 8.46. The highest BCUT2D eigenvalue weighted by atomic mass is 32.1. The topological polar surface area (TPSA) is 115 Å². The summed E-state index contributed by atoms with van der Waals surface area (Å²) in [6, 6.07) is 11.7. The number of nitro groups is 1. The maximum atomic E-state index is 12.3. The second-order valence-corrected chi connectivity index (χ2v) is 7.80. The van der Waals surface area contributed by atoms with E-state index in [1.807, 2.05) is 29.2 Å². The van der Waals surface area contributed by atoms with Gasteiger partial charge in [-0.1, -0.05) is 23.5 Å². The number of nitro benzene ring substituents is 1. The van der Waals surface area contributed by atoms with Gasteiger partial charge in [-0.3, -0.25) is 20.2 Å². The smallest absolute Gasteiger partial charge is 0.338 e. The first kappa shape index (κ1) is 19.8. The summed E-state index contributed by atoms with van der Waals surface area (Å²) >= 11 is 1.31. The van der Waals surface area contributed by atoms with Crippen LogP contribution in [0, 0.1) is 10.1 Å². The molecule has 3 aromatic rings. The highest BCUT2D eigenvalue weighted by molar-refractivity contribution is 7.22. The van der Waals surface area contributed by atoms with Gasteiger partial charge in [-0.05, 0) is 37.1 Å². The maximum Gasteiger partial charge on any atom is 0.338 e. The Bertz CT molecular complexity index is 1090. The number of rotatable bonds is 6. The molecule has 2 heterocycles. The van der Waals surface area contributed by atoms with Gasteiger partial charge in [0.25, 0.3) is 11.6 Å². The minimum atomic E-state index is -0.800. The molecule has 0 spiro atoms. The van der Waals surface area contributed by atoms with Gasteiger partial charge in [0, 0.05) is 19.2 Å². The van der Waals surface area contributed by atoms with Gasteiger partial charge in [0.2, 0.25) is 0 Å². The van der Waals surface area contributed by atoms with Crippen LogP contribution in [0.4, 0.5) is 16.5 Å². The summed E-state index contributed by atoms with van der Waals surface area (Å²) < 4.78 is 5.95.